The van der Waals surface area contributed by atoms with E-state index in [1.807, 2.05) is 11.8 Å². The lowest BCUT2D eigenvalue weighted by Gasteiger charge is -2.32. The summed E-state index contributed by atoms with van der Waals surface area (Å²) in [6.07, 6.45) is 3.70. The second-order valence-corrected chi connectivity index (χ2v) is 3.71. The van der Waals surface area contributed by atoms with Gasteiger partial charge in [-0.1, -0.05) is 6.92 Å². The van der Waals surface area contributed by atoms with Crippen LogP contribution in [0.2, 0.25) is 0 Å². The average molecular weight is 185 g/mol. The van der Waals surface area contributed by atoms with E-state index in [4.69, 9.17) is 5.11 Å². The third kappa shape index (κ3) is 2.99. The van der Waals surface area contributed by atoms with Crippen LogP contribution in [0.4, 0.5) is 0 Å². The Morgan fingerprint density at radius 2 is 2.38 bits per heavy atom. The number of amides is 1. The summed E-state index contributed by atoms with van der Waals surface area (Å²) in [5.74, 6) is 0.775. The number of aliphatic hydroxyl groups is 1. The van der Waals surface area contributed by atoms with Crippen LogP contribution in [0.25, 0.3) is 0 Å². The summed E-state index contributed by atoms with van der Waals surface area (Å²) in [6.45, 7) is 3.92. The highest BCUT2D eigenvalue weighted by Gasteiger charge is 2.21. The Bertz CT molecular complexity index is 168. The molecule has 1 unspecified atom stereocenters. The van der Waals surface area contributed by atoms with Gasteiger partial charge in [-0.25, -0.2) is 0 Å². The van der Waals surface area contributed by atoms with Crippen molar-refractivity contribution >= 4 is 5.91 Å². The van der Waals surface area contributed by atoms with E-state index in [9.17, 15) is 4.79 Å². The number of hydrogen-bond acceptors (Lipinski definition) is 2. The van der Waals surface area contributed by atoms with Crippen molar-refractivity contribution in [2.24, 2.45) is 5.92 Å². The van der Waals surface area contributed by atoms with Gasteiger partial charge in [0, 0.05) is 26.1 Å². The number of piperidine rings is 1. The zero-order chi connectivity index (χ0) is 9.68. The Hall–Kier alpha value is -0.570. The molecule has 1 rings (SSSR count). The minimum Gasteiger partial charge on any atom is -0.396 e. The van der Waals surface area contributed by atoms with Crippen molar-refractivity contribution in [3.8, 4) is 0 Å². The van der Waals surface area contributed by atoms with Gasteiger partial charge in [0.15, 0.2) is 0 Å². The molecule has 0 spiro atoms. The van der Waals surface area contributed by atoms with E-state index in [2.05, 4.69) is 0 Å². The number of nitrogens with zero attached hydrogens (tertiary/aromatic N) is 1. The summed E-state index contributed by atoms with van der Waals surface area (Å²) in [6, 6.07) is 0. The predicted octanol–water partition coefficient (Wildman–Crippen LogP) is 1.02. The van der Waals surface area contributed by atoms with Crippen LogP contribution in [0.5, 0.6) is 0 Å². The molecular weight excluding hydrogens is 166 g/mol. The van der Waals surface area contributed by atoms with Gasteiger partial charge in [0.05, 0.1) is 0 Å². The van der Waals surface area contributed by atoms with Crippen molar-refractivity contribution in [1.82, 2.24) is 4.90 Å². The molecule has 0 radical (unpaired) electrons. The standard InChI is InChI=1S/C10H19NO2/c1-2-10(13)11-6-3-4-9(8-11)5-7-12/h9,12H,2-8H2,1H3. The van der Waals surface area contributed by atoms with E-state index < -0.39 is 0 Å². The summed E-state index contributed by atoms with van der Waals surface area (Å²) >= 11 is 0. The maximum atomic E-state index is 11.4. The molecule has 3 heteroatoms. The van der Waals surface area contributed by atoms with E-state index in [0.29, 0.717) is 12.3 Å². The summed E-state index contributed by atoms with van der Waals surface area (Å²) in [4.78, 5) is 13.3. The quantitative estimate of drug-likeness (QED) is 0.713. The van der Waals surface area contributed by atoms with Crippen LogP contribution in [0.1, 0.15) is 32.6 Å². The molecule has 0 aromatic rings. The fourth-order valence-electron chi connectivity index (χ4n) is 1.93. The molecule has 0 aromatic heterocycles. The first kappa shape index (κ1) is 10.5. The molecule has 0 saturated carbocycles. The van der Waals surface area contributed by atoms with Crippen LogP contribution in [0.3, 0.4) is 0 Å². The van der Waals surface area contributed by atoms with Gasteiger partial charge in [-0.2, -0.15) is 0 Å². The summed E-state index contributed by atoms with van der Waals surface area (Å²) in [5.41, 5.74) is 0. The van der Waals surface area contributed by atoms with Crippen LogP contribution >= 0.6 is 0 Å². The molecule has 1 saturated heterocycles. The van der Waals surface area contributed by atoms with E-state index >= 15 is 0 Å². The highest BCUT2D eigenvalue weighted by atomic mass is 16.3. The molecule has 1 fully saturated rings. The van der Waals surface area contributed by atoms with Gasteiger partial charge in [-0.3, -0.25) is 4.79 Å². The van der Waals surface area contributed by atoms with Gasteiger partial charge in [-0.15, -0.1) is 0 Å². The molecule has 0 bridgehead atoms. The van der Waals surface area contributed by atoms with E-state index in [0.717, 1.165) is 32.4 Å². The molecule has 1 atom stereocenters. The van der Waals surface area contributed by atoms with Crippen LogP contribution in [-0.2, 0) is 4.79 Å². The molecule has 0 aliphatic carbocycles. The van der Waals surface area contributed by atoms with Crippen molar-refractivity contribution in [2.75, 3.05) is 19.7 Å². The Morgan fingerprint density at radius 1 is 1.62 bits per heavy atom. The molecule has 0 aromatic carbocycles. The summed E-state index contributed by atoms with van der Waals surface area (Å²) < 4.78 is 0. The third-order valence-corrected chi connectivity index (χ3v) is 2.71. The van der Waals surface area contributed by atoms with Crippen molar-refractivity contribution in [1.29, 1.82) is 0 Å². The molecule has 1 amide bonds. The van der Waals surface area contributed by atoms with E-state index in [1.54, 1.807) is 0 Å². The third-order valence-electron chi connectivity index (χ3n) is 2.71. The first-order valence-corrected chi connectivity index (χ1v) is 5.16. The van der Waals surface area contributed by atoms with Crippen molar-refractivity contribution in [2.45, 2.75) is 32.6 Å². The molecule has 1 heterocycles. The minimum absolute atomic E-state index is 0.249. The number of carbonyl (C=O) groups is 1. The molecular formula is C10H19NO2. The maximum absolute atomic E-state index is 11.4. The second kappa shape index (κ2) is 5.22. The van der Waals surface area contributed by atoms with Crippen LogP contribution in [0, 0.1) is 5.92 Å². The molecule has 1 aliphatic heterocycles. The van der Waals surface area contributed by atoms with E-state index in [1.165, 1.54) is 0 Å². The second-order valence-electron chi connectivity index (χ2n) is 3.71. The van der Waals surface area contributed by atoms with Crippen LogP contribution in [-0.4, -0.2) is 35.6 Å². The molecule has 13 heavy (non-hydrogen) atoms. The molecule has 3 nitrogen and oxygen atoms in total. The summed E-state index contributed by atoms with van der Waals surface area (Å²) in [5, 5.41) is 8.80. The fourth-order valence-corrected chi connectivity index (χ4v) is 1.93. The van der Waals surface area contributed by atoms with Gasteiger partial charge in [0.1, 0.15) is 0 Å². The Kier molecular flexibility index (Phi) is 4.22. The first-order valence-electron chi connectivity index (χ1n) is 5.16. The highest BCUT2D eigenvalue weighted by molar-refractivity contribution is 5.75. The van der Waals surface area contributed by atoms with Crippen molar-refractivity contribution < 1.29 is 9.90 Å². The number of likely N-dealkylation sites (tertiary alicyclic amines) is 1. The Morgan fingerprint density at radius 3 is 3.00 bits per heavy atom. The largest absolute Gasteiger partial charge is 0.396 e. The summed E-state index contributed by atoms with van der Waals surface area (Å²) in [7, 11) is 0. The lowest BCUT2D eigenvalue weighted by Crippen LogP contribution is -2.39. The van der Waals surface area contributed by atoms with Gasteiger partial charge in [0.25, 0.3) is 0 Å². The van der Waals surface area contributed by atoms with Gasteiger partial charge in [0.2, 0.25) is 5.91 Å². The fraction of sp³-hybridized carbons (Fsp3) is 0.900. The molecule has 1 aliphatic rings. The van der Waals surface area contributed by atoms with E-state index in [-0.39, 0.29) is 12.5 Å². The lowest BCUT2D eigenvalue weighted by atomic mass is 9.95. The number of hydrogen-bond donors (Lipinski definition) is 1. The molecule has 76 valence electrons. The average Bonchev–Trinajstić information content (AvgIpc) is 2.18. The lowest BCUT2D eigenvalue weighted by molar-refractivity contribution is -0.132. The number of aliphatic hydroxyl groups excluding tert-OH is 1. The SMILES string of the molecule is CCC(=O)N1CCCC(CCO)C1. The first-order chi connectivity index (χ1) is 6.27. The Labute approximate surface area is 79.7 Å². The van der Waals surface area contributed by atoms with Crippen LogP contribution in [0.15, 0.2) is 0 Å². The molecule has 1 N–H and O–H groups in total. The minimum atomic E-state index is 0.249. The topological polar surface area (TPSA) is 40.5 Å². The van der Waals surface area contributed by atoms with Crippen LogP contribution < -0.4 is 0 Å². The normalized spacial score (nSPS) is 23.2. The van der Waals surface area contributed by atoms with Gasteiger partial charge in [-0.05, 0) is 25.2 Å². The van der Waals surface area contributed by atoms with Crippen molar-refractivity contribution in [3.05, 3.63) is 0 Å². The Balaban J connectivity index is 2.37. The highest BCUT2D eigenvalue weighted by Crippen LogP contribution is 2.19. The van der Waals surface area contributed by atoms with Gasteiger partial charge < -0.3 is 10.0 Å². The number of rotatable bonds is 3. The maximum Gasteiger partial charge on any atom is 0.222 e. The zero-order valence-electron chi connectivity index (χ0n) is 8.33. The van der Waals surface area contributed by atoms with Crippen molar-refractivity contribution in [3.63, 3.8) is 0 Å². The predicted molar refractivity (Wildman–Crippen MR) is 51.3 cm³/mol. The van der Waals surface area contributed by atoms with Gasteiger partial charge >= 0.3 is 0 Å². The zero-order valence-corrected chi connectivity index (χ0v) is 8.33. The monoisotopic (exact) mass is 185 g/mol. The number of carbonyl (C=O) groups excluding carboxylic acids is 1. The smallest absolute Gasteiger partial charge is 0.222 e.